The molecule has 1 N–H and O–H groups in total. The van der Waals surface area contributed by atoms with Crippen LogP contribution in [0.2, 0.25) is 0 Å². The van der Waals surface area contributed by atoms with Crippen molar-refractivity contribution in [1.29, 1.82) is 0 Å². The Hall–Kier alpha value is -5.03. The van der Waals surface area contributed by atoms with Gasteiger partial charge in [-0.1, -0.05) is 54.1 Å². The summed E-state index contributed by atoms with van der Waals surface area (Å²) in [5, 5.41) is 3.55. The van der Waals surface area contributed by atoms with Crippen molar-refractivity contribution >= 4 is 28.7 Å². The van der Waals surface area contributed by atoms with Crippen molar-refractivity contribution in [3.05, 3.63) is 143 Å². The van der Waals surface area contributed by atoms with E-state index in [0.717, 1.165) is 51.5 Å². The number of nitrogens with one attached hydrogen (secondary N) is 1. The minimum atomic E-state index is -1.03. The fraction of sp³-hybridized carbons (Fsp3) is 0.162. The van der Waals surface area contributed by atoms with Crippen molar-refractivity contribution in [3.8, 4) is 11.5 Å². The van der Waals surface area contributed by atoms with Crippen LogP contribution in [-0.4, -0.2) is 12.5 Å². The first-order valence-corrected chi connectivity index (χ1v) is 14.4. The number of carbonyl (C=O) groups excluding carboxylic acids is 1. The highest BCUT2D eigenvalue weighted by Crippen LogP contribution is 2.54. The average molecular weight is 553 g/mol. The quantitative estimate of drug-likeness (QED) is 0.221. The summed E-state index contributed by atoms with van der Waals surface area (Å²) >= 11 is 0. The van der Waals surface area contributed by atoms with Crippen LogP contribution >= 0.6 is 0 Å². The lowest BCUT2D eigenvalue weighted by Crippen LogP contribution is -2.42. The molecule has 7 rings (SSSR count). The van der Waals surface area contributed by atoms with E-state index in [4.69, 9.17) is 9.47 Å². The normalized spacial score (nSPS) is 16.5. The van der Waals surface area contributed by atoms with E-state index in [9.17, 15) is 4.79 Å². The van der Waals surface area contributed by atoms with Gasteiger partial charge in [0.05, 0.1) is 5.56 Å². The first-order chi connectivity index (χ1) is 20.4. The number of esters is 1. The average Bonchev–Trinajstić information content (AvgIpc) is 3.00. The number of para-hydroxylation sites is 1. The van der Waals surface area contributed by atoms with Gasteiger partial charge in [-0.05, 0) is 86.5 Å². The molecule has 42 heavy (non-hydrogen) atoms. The number of carbonyl (C=O) groups is 1. The third-order valence-corrected chi connectivity index (χ3v) is 8.35. The molecule has 0 amide bonds. The lowest BCUT2D eigenvalue weighted by molar-refractivity contribution is -0.0112. The minimum Gasteiger partial charge on any atom is -0.456 e. The molecule has 208 valence electrons. The summed E-state index contributed by atoms with van der Waals surface area (Å²) in [6, 6.07) is 36.7. The van der Waals surface area contributed by atoms with Gasteiger partial charge >= 0.3 is 5.97 Å². The number of anilines is 4. The molecule has 2 heterocycles. The summed E-state index contributed by atoms with van der Waals surface area (Å²) in [7, 11) is 0. The van der Waals surface area contributed by atoms with Gasteiger partial charge in [-0.3, -0.25) is 0 Å². The molecule has 1 unspecified atom stereocenters. The largest absolute Gasteiger partial charge is 0.456 e. The molecule has 2 aliphatic rings. The van der Waals surface area contributed by atoms with Gasteiger partial charge < -0.3 is 19.7 Å². The molecule has 0 radical (unpaired) electrons. The van der Waals surface area contributed by atoms with Crippen LogP contribution in [-0.2, 0) is 16.8 Å². The summed E-state index contributed by atoms with van der Waals surface area (Å²) in [6.07, 6.45) is 0.515. The molecule has 5 heteroatoms. The SMILES string of the molecule is CCN(c1ccc(C)cc1)c1ccc2c(c1)Oc1cc(C)c(Nc3ccccc3)cc1C21Cc2ccccc2C(=O)O1. The second-order valence-corrected chi connectivity index (χ2v) is 11.1. The number of hydrogen-bond donors (Lipinski definition) is 1. The molecule has 0 saturated heterocycles. The van der Waals surface area contributed by atoms with Crippen LogP contribution in [0.15, 0.2) is 109 Å². The van der Waals surface area contributed by atoms with Gasteiger partial charge in [-0.15, -0.1) is 0 Å². The molecule has 5 nitrogen and oxygen atoms in total. The first-order valence-electron chi connectivity index (χ1n) is 14.4. The Morgan fingerprint density at radius 2 is 1.50 bits per heavy atom. The molecule has 0 saturated carbocycles. The maximum absolute atomic E-state index is 13.6. The van der Waals surface area contributed by atoms with Crippen LogP contribution in [0.1, 0.15) is 45.1 Å². The number of aryl methyl sites for hydroxylation is 2. The molecule has 1 spiro atoms. The fourth-order valence-electron chi connectivity index (χ4n) is 6.18. The van der Waals surface area contributed by atoms with Gasteiger partial charge in [0.2, 0.25) is 0 Å². The molecule has 1 atom stereocenters. The second kappa shape index (κ2) is 10.1. The summed E-state index contributed by atoms with van der Waals surface area (Å²) < 4.78 is 13.2. The smallest absolute Gasteiger partial charge is 0.339 e. The van der Waals surface area contributed by atoms with Crippen LogP contribution in [0.5, 0.6) is 11.5 Å². The van der Waals surface area contributed by atoms with Crippen molar-refractivity contribution in [2.45, 2.75) is 32.8 Å². The third kappa shape index (κ3) is 4.29. The summed E-state index contributed by atoms with van der Waals surface area (Å²) in [6.45, 7) is 7.09. The van der Waals surface area contributed by atoms with Gasteiger partial charge in [0.25, 0.3) is 0 Å². The van der Waals surface area contributed by atoms with E-state index in [1.807, 2.05) is 60.7 Å². The third-order valence-electron chi connectivity index (χ3n) is 8.35. The maximum Gasteiger partial charge on any atom is 0.339 e. The van der Waals surface area contributed by atoms with Crippen molar-refractivity contribution < 1.29 is 14.3 Å². The predicted octanol–water partition coefficient (Wildman–Crippen LogP) is 8.97. The number of fused-ring (bicyclic) bond motifs is 5. The summed E-state index contributed by atoms with van der Waals surface area (Å²) in [5.74, 6) is 1.06. The van der Waals surface area contributed by atoms with E-state index in [-0.39, 0.29) is 5.97 Å². The van der Waals surface area contributed by atoms with Gasteiger partial charge in [0.1, 0.15) is 11.5 Å². The van der Waals surface area contributed by atoms with Crippen LogP contribution in [0, 0.1) is 13.8 Å². The van der Waals surface area contributed by atoms with Gasteiger partial charge in [-0.2, -0.15) is 0 Å². The molecule has 2 aliphatic heterocycles. The van der Waals surface area contributed by atoms with E-state index in [1.54, 1.807) is 0 Å². The Bertz CT molecular complexity index is 1810. The highest BCUT2D eigenvalue weighted by atomic mass is 16.6. The molecular weight excluding hydrogens is 520 g/mol. The summed E-state index contributed by atoms with van der Waals surface area (Å²) in [4.78, 5) is 15.8. The van der Waals surface area contributed by atoms with E-state index in [1.165, 1.54) is 5.56 Å². The van der Waals surface area contributed by atoms with Gasteiger partial charge in [0, 0.05) is 52.9 Å². The van der Waals surface area contributed by atoms with Gasteiger partial charge in [-0.25, -0.2) is 4.79 Å². The fourth-order valence-corrected chi connectivity index (χ4v) is 6.18. The Labute approximate surface area is 246 Å². The molecule has 5 aromatic carbocycles. The number of ether oxygens (including phenoxy) is 2. The molecule has 0 aromatic heterocycles. The van der Waals surface area contributed by atoms with Crippen molar-refractivity contribution in [2.75, 3.05) is 16.8 Å². The molecule has 0 fully saturated rings. The van der Waals surface area contributed by atoms with E-state index >= 15 is 0 Å². The minimum absolute atomic E-state index is 0.326. The van der Waals surface area contributed by atoms with Gasteiger partial charge in [0.15, 0.2) is 5.60 Å². The lowest BCUT2D eigenvalue weighted by atomic mass is 9.75. The van der Waals surface area contributed by atoms with Crippen LogP contribution in [0.25, 0.3) is 0 Å². The van der Waals surface area contributed by atoms with Crippen LogP contribution in [0.3, 0.4) is 0 Å². The van der Waals surface area contributed by atoms with Crippen LogP contribution < -0.4 is 15.0 Å². The molecule has 0 bridgehead atoms. The van der Waals surface area contributed by atoms with Crippen molar-refractivity contribution in [2.24, 2.45) is 0 Å². The highest BCUT2D eigenvalue weighted by Gasteiger charge is 2.49. The number of nitrogens with zero attached hydrogens (tertiary/aromatic N) is 1. The number of rotatable bonds is 5. The van der Waals surface area contributed by atoms with E-state index < -0.39 is 5.60 Å². The Balaban J connectivity index is 1.39. The van der Waals surface area contributed by atoms with Crippen molar-refractivity contribution in [1.82, 2.24) is 0 Å². The molecule has 5 aromatic rings. The molecular formula is C37H32N2O3. The molecule has 0 aliphatic carbocycles. The zero-order valence-electron chi connectivity index (χ0n) is 24.0. The standard InChI is InChI=1S/C37H32N2O3/c1-4-39(28-16-14-24(2)15-17-28)29-18-19-31-35(21-29)41-34-20-25(3)33(38-27-11-6-5-7-12-27)22-32(34)37(31)23-26-10-8-9-13-30(26)36(40)42-37/h5-22,38H,4,23H2,1-3H3. The first kappa shape index (κ1) is 25.9. The maximum atomic E-state index is 13.6. The van der Waals surface area contributed by atoms with Crippen molar-refractivity contribution in [3.63, 3.8) is 0 Å². The highest BCUT2D eigenvalue weighted by molar-refractivity contribution is 5.93. The predicted molar refractivity (Wildman–Crippen MR) is 168 cm³/mol. The number of benzene rings is 5. The zero-order chi connectivity index (χ0) is 28.8. The topological polar surface area (TPSA) is 50.8 Å². The monoisotopic (exact) mass is 552 g/mol. The van der Waals surface area contributed by atoms with E-state index in [2.05, 4.69) is 79.5 Å². The number of hydrogen-bond acceptors (Lipinski definition) is 5. The summed E-state index contributed by atoms with van der Waals surface area (Å²) in [5.41, 5.74) is 8.52. The Morgan fingerprint density at radius 3 is 2.29 bits per heavy atom. The zero-order valence-corrected chi connectivity index (χ0v) is 24.0. The lowest BCUT2D eigenvalue weighted by Gasteiger charge is -2.43. The van der Waals surface area contributed by atoms with Crippen LogP contribution in [0.4, 0.5) is 22.7 Å². The second-order valence-electron chi connectivity index (χ2n) is 11.1. The Morgan fingerprint density at radius 1 is 0.786 bits per heavy atom. The Kier molecular flexibility index (Phi) is 6.23. The van der Waals surface area contributed by atoms with E-state index in [0.29, 0.717) is 23.5 Å².